The van der Waals surface area contributed by atoms with E-state index < -0.39 is 0 Å². The van der Waals surface area contributed by atoms with Crippen LogP contribution < -0.4 is 0 Å². The van der Waals surface area contributed by atoms with E-state index in [-0.39, 0.29) is 6.61 Å². The van der Waals surface area contributed by atoms with E-state index in [0.717, 1.165) is 6.42 Å². The molecular weight excluding hydrogens is 114 g/mol. The zero-order valence-electron chi connectivity index (χ0n) is 6.15. The molecule has 2 heteroatoms. The molecular formula is C7H15NO. The minimum absolute atomic E-state index is 0.117. The Bertz CT molecular complexity index is 88.9. The zero-order valence-corrected chi connectivity index (χ0v) is 6.15. The monoisotopic (exact) mass is 129 g/mol. The molecule has 0 amide bonds. The van der Waals surface area contributed by atoms with Gasteiger partial charge in [-0.05, 0) is 12.3 Å². The van der Waals surface area contributed by atoms with Crippen LogP contribution in [-0.2, 0) is 0 Å². The highest BCUT2D eigenvalue weighted by Gasteiger charge is 1.98. The Morgan fingerprint density at radius 2 is 2.11 bits per heavy atom. The molecule has 0 rings (SSSR count). The summed E-state index contributed by atoms with van der Waals surface area (Å²) in [7, 11) is 0. The third-order valence-electron chi connectivity index (χ3n) is 1.07. The second kappa shape index (κ2) is 4.50. The second-order valence-corrected chi connectivity index (χ2v) is 2.68. The molecule has 0 fully saturated rings. The quantitative estimate of drug-likeness (QED) is 0.554. The summed E-state index contributed by atoms with van der Waals surface area (Å²) in [6.07, 6.45) is 1.36. The van der Waals surface area contributed by atoms with Crippen molar-refractivity contribution >= 4 is 5.71 Å². The molecule has 0 aliphatic rings. The highest BCUT2D eigenvalue weighted by molar-refractivity contribution is 5.81. The molecule has 0 heterocycles. The van der Waals surface area contributed by atoms with Gasteiger partial charge in [0.25, 0.3) is 0 Å². The van der Waals surface area contributed by atoms with Gasteiger partial charge in [0, 0.05) is 18.7 Å². The van der Waals surface area contributed by atoms with Crippen LogP contribution in [0.15, 0.2) is 0 Å². The maximum Gasteiger partial charge on any atom is 0.0483 e. The number of nitrogens with one attached hydrogen (secondary N) is 1. The van der Waals surface area contributed by atoms with Crippen molar-refractivity contribution in [2.45, 2.75) is 26.7 Å². The summed E-state index contributed by atoms with van der Waals surface area (Å²) in [5.74, 6) is 0.545. The molecule has 0 unspecified atom stereocenters. The highest BCUT2D eigenvalue weighted by Crippen LogP contribution is 2.01. The summed E-state index contributed by atoms with van der Waals surface area (Å²) in [6.45, 7) is 4.27. The first-order valence-electron chi connectivity index (χ1n) is 3.34. The van der Waals surface area contributed by atoms with E-state index in [1.165, 1.54) is 0 Å². The van der Waals surface area contributed by atoms with E-state index in [0.29, 0.717) is 18.1 Å². The first-order chi connectivity index (χ1) is 4.16. The number of hydrogen-bond donors (Lipinski definition) is 2. The lowest BCUT2D eigenvalue weighted by Crippen LogP contribution is -2.03. The van der Waals surface area contributed by atoms with E-state index in [2.05, 4.69) is 13.8 Å². The van der Waals surface area contributed by atoms with Gasteiger partial charge in [0.2, 0.25) is 0 Å². The Labute approximate surface area is 56.4 Å². The molecule has 0 aromatic heterocycles. The fourth-order valence-electron chi connectivity index (χ4n) is 0.730. The molecule has 0 radical (unpaired) electrons. The maximum absolute atomic E-state index is 8.41. The van der Waals surface area contributed by atoms with E-state index in [1.807, 2.05) is 0 Å². The normalized spacial score (nSPS) is 10.2. The van der Waals surface area contributed by atoms with E-state index in [1.54, 1.807) is 0 Å². The molecule has 0 bridgehead atoms. The number of hydrogen-bond acceptors (Lipinski definition) is 2. The summed E-state index contributed by atoms with van der Waals surface area (Å²) in [5.41, 5.74) is 0.660. The van der Waals surface area contributed by atoms with Gasteiger partial charge in [-0.15, -0.1) is 0 Å². The van der Waals surface area contributed by atoms with Gasteiger partial charge >= 0.3 is 0 Å². The Morgan fingerprint density at radius 1 is 1.56 bits per heavy atom. The minimum atomic E-state index is 0.117. The van der Waals surface area contributed by atoms with Crippen LogP contribution in [0.4, 0.5) is 0 Å². The topological polar surface area (TPSA) is 44.1 Å². The molecule has 0 aromatic rings. The SMILES string of the molecule is CC(C)CC(=N)CCO. The number of aliphatic hydroxyl groups excluding tert-OH is 1. The van der Waals surface area contributed by atoms with Gasteiger partial charge in [0.15, 0.2) is 0 Å². The van der Waals surface area contributed by atoms with Gasteiger partial charge in [-0.25, -0.2) is 0 Å². The van der Waals surface area contributed by atoms with Crippen LogP contribution in [0.5, 0.6) is 0 Å². The lowest BCUT2D eigenvalue weighted by molar-refractivity contribution is 0.306. The standard InChI is InChI=1S/C7H15NO/c1-6(2)5-7(8)3-4-9/h6,8-9H,3-5H2,1-2H3. The Hall–Kier alpha value is -0.370. The van der Waals surface area contributed by atoms with Crippen molar-refractivity contribution in [3.05, 3.63) is 0 Å². The van der Waals surface area contributed by atoms with Crippen molar-refractivity contribution in [2.75, 3.05) is 6.61 Å². The van der Waals surface area contributed by atoms with Crippen LogP contribution in [0.1, 0.15) is 26.7 Å². The summed E-state index contributed by atoms with van der Waals surface area (Å²) < 4.78 is 0. The fraction of sp³-hybridized carbons (Fsp3) is 0.857. The number of aliphatic hydroxyl groups is 1. The highest BCUT2D eigenvalue weighted by atomic mass is 16.2. The van der Waals surface area contributed by atoms with Gasteiger partial charge < -0.3 is 10.5 Å². The summed E-state index contributed by atoms with van der Waals surface area (Å²) in [6, 6.07) is 0. The maximum atomic E-state index is 8.41. The third kappa shape index (κ3) is 5.50. The van der Waals surface area contributed by atoms with Crippen LogP contribution in [-0.4, -0.2) is 17.4 Å². The van der Waals surface area contributed by atoms with Crippen molar-refractivity contribution in [3.63, 3.8) is 0 Å². The summed E-state index contributed by atoms with van der Waals surface area (Å²) >= 11 is 0. The van der Waals surface area contributed by atoms with Crippen LogP contribution in [0, 0.1) is 11.3 Å². The molecule has 0 aromatic carbocycles. The van der Waals surface area contributed by atoms with Crippen molar-refractivity contribution in [2.24, 2.45) is 5.92 Å². The lowest BCUT2D eigenvalue weighted by Gasteiger charge is -2.03. The first kappa shape index (κ1) is 8.63. The van der Waals surface area contributed by atoms with Crippen molar-refractivity contribution in [3.8, 4) is 0 Å². The predicted octanol–water partition coefficient (Wildman–Crippen LogP) is 1.43. The molecule has 0 aliphatic carbocycles. The van der Waals surface area contributed by atoms with Crippen LogP contribution >= 0.6 is 0 Å². The minimum Gasteiger partial charge on any atom is -0.396 e. The molecule has 0 saturated heterocycles. The van der Waals surface area contributed by atoms with Crippen molar-refractivity contribution < 1.29 is 5.11 Å². The van der Waals surface area contributed by atoms with Crippen LogP contribution in [0.25, 0.3) is 0 Å². The Balaban J connectivity index is 3.27. The average molecular weight is 129 g/mol. The molecule has 54 valence electrons. The van der Waals surface area contributed by atoms with Crippen LogP contribution in [0.3, 0.4) is 0 Å². The predicted molar refractivity (Wildman–Crippen MR) is 38.9 cm³/mol. The Morgan fingerprint density at radius 3 is 2.44 bits per heavy atom. The third-order valence-corrected chi connectivity index (χ3v) is 1.07. The Kier molecular flexibility index (Phi) is 4.32. The van der Waals surface area contributed by atoms with Gasteiger partial charge in [0.05, 0.1) is 0 Å². The van der Waals surface area contributed by atoms with E-state index in [9.17, 15) is 0 Å². The number of rotatable bonds is 4. The molecule has 9 heavy (non-hydrogen) atoms. The van der Waals surface area contributed by atoms with Gasteiger partial charge in [-0.1, -0.05) is 13.8 Å². The first-order valence-corrected chi connectivity index (χ1v) is 3.34. The zero-order chi connectivity index (χ0) is 7.28. The van der Waals surface area contributed by atoms with Gasteiger partial charge in [-0.2, -0.15) is 0 Å². The molecule has 2 N–H and O–H groups in total. The summed E-state index contributed by atoms with van der Waals surface area (Å²) in [4.78, 5) is 0. The molecule has 0 spiro atoms. The van der Waals surface area contributed by atoms with Gasteiger partial charge in [-0.3, -0.25) is 0 Å². The molecule has 0 aliphatic heterocycles. The van der Waals surface area contributed by atoms with Crippen molar-refractivity contribution in [1.29, 1.82) is 5.41 Å². The largest absolute Gasteiger partial charge is 0.396 e. The smallest absolute Gasteiger partial charge is 0.0483 e. The summed E-state index contributed by atoms with van der Waals surface area (Å²) in [5, 5.41) is 15.7. The second-order valence-electron chi connectivity index (χ2n) is 2.68. The molecule has 0 saturated carbocycles. The van der Waals surface area contributed by atoms with E-state index >= 15 is 0 Å². The van der Waals surface area contributed by atoms with Gasteiger partial charge in [0.1, 0.15) is 0 Å². The average Bonchev–Trinajstić information content (AvgIpc) is 1.63. The molecule has 0 atom stereocenters. The van der Waals surface area contributed by atoms with E-state index in [4.69, 9.17) is 10.5 Å². The van der Waals surface area contributed by atoms with Crippen LogP contribution in [0.2, 0.25) is 0 Å². The molecule has 2 nitrogen and oxygen atoms in total. The fourth-order valence-corrected chi connectivity index (χ4v) is 0.730. The van der Waals surface area contributed by atoms with Crippen molar-refractivity contribution in [1.82, 2.24) is 0 Å². The lowest BCUT2D eigenvalue weighted by atomic mass is 10.1.